The van der Waals surface area contributed by atoms with Crippen molar-refractivity contribution in [2.24, 2.45) is 5.73 Å². The van der Waals surface area contributed by atoms with Crippen molar-refractivity contribution >= 4 is 28.4 Å². The number of hydrogen-bond donors (Lipinski definition) is 3. The third-order valence-corrected chi connectivity index (χ3v) is 3.08. The Bertz CT molecular complexity index is 577. The van der Waals surface area contributed by atoms with Gasteiger partial charge in [0.1, 0.15) is 0 Å². The Balaban J connectivity index is 2.32. The Labute approximate surface area is 111 Å². The lowest BCUT2D eigenvalue weighted by atomic mass is 10.1. The number of nitrogens with two attached hydrogens (primary N) is 1. The summed E-state index contributed by atoms with van der Waals surface area (Å²) in [5.74, 6) is -0.0745. The molecule has 4 nitrogen and oxygen atoms in total. The second-order valence-electron chi connectivity index (χ2n) is 4.21. The highest BCUT2D eigenvalue weighted by atomic mass is 35.5. The van der Waals surface area contributed by atoms with Gasteiger partial charge < -0.3 is 16.0 Å². The Hall–Kier alpha value is -1.52. The molecule has 4 N–H and O–H groups in total. The normalized spacial score (nSPS) is 10.8. The summed E-state index contributed by atoms with van der Waals surface area (Å²) in [4.78, 5) is 15.3. The van der Waals surface area contributed by atoms with Crippen LogP contribution in [0.1, 0.15) is 22.5 Å². The van der Waals surface area contributed by atoms with Crippen LogP contribution in [0.3, 0.4) is 0 Å². The molecule has 0 fully saturated rings. The fourth-order valence-electron chi connectivity index (χ4n) is 1.99. The topological polar surface area (TPSA) is 70.9 Å². The second-order valence-corrected chi connectivity index (χ2v) is 4.65. The molecule has 18 heavy (non-hydrogen) atoms. The number of rotatable bonds is 4. The summed E-state index contributed by atoms with van der Waals surface area (Å²) in [6.45, 7) is 3.05. The summed E-state index contributed by atoms with van der Waals surface area (Å²) in [5, 5.41) is 4.40. The van der Waals surface area contributed by atoms with Crippen molar-refractivity contribution < 1.29 is 4.79 Å². The predicted octanol–water partition coefficient (Wildman–Crippen LogP) is 2.21. The Kier molecular flexibility index (Phi) is 3.89. The number of aromatic nitrogens is 1. The van der Waals surface area contributed by atoms with E-state index in [0.717, 1.165) is 23.0 Å². The van der Waals surface area contributed by atoms with Gasteiger partial charge in [-0.3, -0.25) is 4.79 Å². The molecule has 2 rings (SSSR count). The molecule has 1 aromatic carbocycles. The molecular weight excluding hydrogens is 250 g/mol. The summed E-state index contributed by atoms with van der Waals surface area (Å²) in [6.07, 6.45) is 0.777. The van der Waals surface area contributed by atoms with E-state index in [4.69, 9.17) is 17.3 Å². The van der Waals surface area contributed by atoms with Gasteiger partial charge in [-0.05, 0) is 32.0 Å². The van der Waals surface area contributed by atoms with Gasteiger partial charge in [0.05, 0.1) is 5.56 Å². The molecule has 0 saturated carbocycles. The molecule has 0 spiro atoms. The summed E-state index contributed by atoms with van der Waals surface area (Å²) in [7, 11) is 0. The number of fused-ring (bicyclic) bond motifs is 1. The minimum absolute atomic E-state index is 0.0745. The van der Waals surface area contributed by atoms with E-state index in [1.54, 1.807) is 6.07 Å². The first-order valence-corrected chi connectivity index (χ1v) is 6.27. The van der Waals surface area contributed by atoms with Crippen LogP contribution < -0.4 is 11.1 Å². The van der Waals surface area contributed by atoms with Crippen molar-refractivity contribution in [2.75, 3.05) is 13.1 Å². The van der Waals surface area contributed by atoms with Gasteiger partial charge in [0.25, 0.3) is 5.91 Å². The fourth-order valence-corrected chi connectivity index (χ4v) is 2.16. The van der Waals surface area contributed by atoms with Crippen LogP contribution in [0, 0.1) is 6.92 Å². The number of aryl methyl sites for hydroxylation is 1. The number of H-pyrrole nitrogens is 1. The molecule has 0 aliphatic rings. The molecule has 0 bridgehead atoms. The van der Waals surface area contributed by atoms with Gasteiger partial charge in [0.2, 0.25) is 0 Å². The number of hydrogen-bond acceptors (Lipinski definition) is 2. The van der Waals surface area contributed by atoms with Crippen molar-refractivity contribution in [3.05, 3.63) is 34.5 Å². The summed E-state index contributed by atoms with van der Waals surface area (Å²) < 4.78 is 0. The molecule has 0 atom stereocenters. The van der Waals surface area contributed by atoms with Gasteiger partial charge >= 0.3 is 0 Å². The van der Waals surface area contributed by atoms with E-state index in [2.05, 4.69) is 10.3 Å². The average molecular weight is 266 g/mol. The molecule has 1 amide bonds. The summed E-state index contributed by atoms with van der Waals surface area (Å²) >= 11 is 5.93. The zero-order chi connectivity index (χ0) is 13.1. The smallest absolute Gasteiger partial charge is 0.253 e. The van der Waals surface area contributed by atoms with E-state index in [0.29, 0.717) is 23.7 Å². The molecule has 0 radical (unpaired) electrons. The highest BCUT2D eigenvalue weighted by Gasteiger charge is 2.15. The van der Waals surface area contributed by atoms with Gasteiger partial charge in [0, 0.05) is 28.2 Å². The first-order chi connectivity index (χ1) is 8.63. The fraction of sp³-hybridized carbons (Fsp3) is 0.308. The largest absolute Gasteiger partial charge is 0.358 e. The number of carbonyl (C=O) groups excluding carboxylic acids is 1. The maximum atomic E-state index is 12.1. The lowest BCUT2D eigenvalue weighted by molar-refractivity contribution is 0.0954. The maximum absolute atomic E-state index is 12.1. The van der Waals surface area contributed by atoms with Crippen LogP contribution in [0.4, 0.5) is 0 Å². The van der Waals surface area contributed by atoms with Crippen molar-refractivity contribution in [1.82, 2.24) is 10.3 Å². The van der Waals surface area contributed by atoms with Crippen LogP contribution in [0.15, 0.2) is 18.2 Å². The summed E-state index contributed by atoms with van der Waals surface area (Å²) in [6, 6.07) is 5.47. The third kappa shape index (κ3) is 2.49. The number of aromatic amines is 1. The number of benzene rings is 1. The molecular formula is C13H16ClN3O. The van der Waals surface area contributed by atoms with Crippen LogP contribution in [0.2, 0.25) is 5.02 Å². The van der Waals surface area contributed by atoms with Gasteiger partial charge in [-0.25, -0.2) is 0 Å². The Morgan fingerprint density at radius 2 is 2.28 bits per heavy atom. The van der Waals surface area contributed by atoms with E-state index in [9.17, 15) is 4.79 Å². The van der Waals surface area contributed by atoms with E-state index in [1.165, 1.54) is 0 Å². The lowest BCUT2D eigenvalue weighted by Crippen LogP contribution is -2.26. The average Bonchev–Trinajstić information content (AvgIpc) is 2.64. The van der Waals surface area contributed by atoms with Crippen LogP contribution >= 0.6 is 11.6 Å². The van der Waals surface area contributed by atoms with Crippen molar-refractivity contribution in [2.45, 2.75) is 13.3 Å². The molecule has 0 saturated heterocycles. The van der Waals surface area contributed by atoms with Gasteiger partial charge in [-0.15, -0.1) is 0 Å². The molecule has 1 aromatic heterocycles. The monoisotopic (exact) mass is 265 g/mol. The molecule has 0 aliphatic heterocycles. The molecule has 1 heterocycles. The first kappa shape index (κ1) is 12.9. The van der Waals surface area contributed by atoms with E-state index in [-0.39, 0.29) is 5.91 Å². The van der Waals surface area contributed by atoms with Crippen LogP contribution in [0.5, 0.6) is 0 Å². The van der Waals surface area contributed by atoms with Gasteiger partial charge in [-0.1, -0.05) is 17.7 Å². The minimum Gasteiger partial charge on any atom is -0.358 e. The SMILES string of the molecule is Cc1[nH]c2cc(Cl)ccc2c1C(=O)NCCCN. The van der Waals surface area contributed by atoms with Crippen molar-refractivity contribution in [1.29, 1.82) is 0 Å². The first-order valence-electron chi connectivity index (χ1n) is 5.89. The predicted molar refractivity (Wildman–Crippen MR) is 74.1 cm³/mol. The van der Waals surface area contributed by atoms with Crippen molar-refractivity contribution in [3.8, 4) is 0 Å². The number of amides is 1. The van der Waals surface area contributed by atoms with Crippen LogP contribution in [-0.4, -0.2) is 24.0 Å². The molecule has 0 unspecified atom stereocenters. The van der Waals surface area contributed by atoms with Gasteiger partial charge in [0.15, 0.2) is 0 Å². The number of halogens is 1. The molecule has 5 heteroatoms. The van der Waals surface area contributed by atoms with E-state index >= 15 is 0 Å². The maximum Gasteiger partial charge on any atom is 0.253 e. The van der Waals surface area contributed by atoms with E-state index < -0.39 is 0 Å². The van der Waals surface area contributed by atoms with Crippen LogP contribution in [-0.2, 0) is 0 Å². The standard InChI is InChI=1S/C13H16ClN3O/c1-8-12(13(18)16-6-2-5-15)10-4-3-9(14)7-11(10)17-8/h3-4,7,17H,2,5-6,15H2,1H3,(H,16,18). The highest BCUT2D eigenvalue weighted by Crippen LogP contribution is 2.24. The van der Waals surface area contributed by atoms with Crippen molar-refractivity contribution in [3.63, 3.8) is 0 Å². The Morgan fingerprint density at radius 1 is 1.50 bits per heavy atom. The van der Waals surface area contributed by atoms with E-state index in [1.807, 2.05) is 19.1 Å². The second kappa shape index (κ2) is 5.42. The highest BCUT2D eigenvalue weighted by molar-refractivity contribution is 6.31. The minimum atomic E-state index is -0.0745. The Morgan fingerprint density at radius 3 is 3.00 bits per heavy atom. The third-order valence-electron chi connectivity index (χ3n) is 2.84. The summed E-state index contributed by atoms with van der Waals surface area (Å²) in [5.41, 5.74) is 7.80. The molecule has 2 aromatic rings. The zero-order valence-corrected chi connectivity index (χ0v) is 11.0. The lowest BCUT2D eigenvalue weighted by Gasteiger charge is -2.04. The number of carbonyl (C=O) groups is 1. The molecule has 96 valence electrons. The molecule has 0 aliphatic carbocycles. The van der Waals surface area contributed by atoms with Crippen LogP contribution in [0.25, 0.3) is 10.9 Å². The quantitative estimate of drug-likeness (QED) is 0.742. The number of nitrogens with one attached hydrogen (secondary N) is 2. The zero-order valence-electron chi connectivity index (χ0n) is 10.2. The van der Waals surface area contributed by atoms with Gasteiger partial charge in [-0.2, -0.15) is 0 Å².